The van der Waals surface area contributed by atoms with E-state index in [1.807, 2.05) is 12.1 Å². The van der Waals surface area contributed by atoms with Gasteiger partial charge in [0.25, 0.3) is 11.8 Å². The molecule has 0 aliphatic carbocycles. The SMILES string of the molecule is CCc1ccc(NC(=O)CC2C(=O)NN(C)C2=O)cc1. The maximum atomic E-state index is 11.9. The Kier molecular flexibility index (Phi) is 4.02. The van der Waals surface area contributed by atoms with Crippen LogP contribution in [0.3, 0.4) is 0 Å². The van der Waals surface area contributed by atoms with Crippen molar-refractivity contribution in [1.29, 1.82) is 0 Å². The lowest BCUT2D eigenvalue weighted by Crippen LogP contribution is -2.31. The number of nitrogens with one attached hydrogen (secondary N) is 2. The summed E-state index contributed by atoms with van der Waals surface area (Å²) in [6, 6.07) is 7.46. The van der Waals surface area contributed by atoms with Gasteiger partial charge in [-0.2, -0.15) is 0 Å². The van der Waals surface area contributed by atoms with Crippen molar-refractivity contribution in [1.82, 2.24) is 10.4 Å². The molecule has 106 valence electrons. The zero-order chi connectivity index (χ0) is 14.7. The van der Waals surface area contributed by atoms with Gasteiger partial charge in [-0.05, 0) is 24.1 Å². The van der Waals surface area contributed by atoms with E-state index in [1.54, 1.807) is 12.1 Å². The van der Waals surface area contributed by atoms with Gasteiger partial charge >= 0.3 is 0 Å². The number of carbonyl (C=O) groups excluding carboxylic acids is 3. The third-order valence-corrected chi connectivity index (χ3v) is 3.26. The number of rotatable bonds is 4. The van der Waals surface area contributed by atoms with Crippen LogP contribution in [0.15, 0.2) is 24.3 Å². The first-order valence-electron chi connectivity index (χ1n) is 6.48. The van der Waals surface area contributed by atoms with Crippen LogP contribution in [-0.2, 0) is 20.8 Å². The molecule has 0 bridgehead atoms. The Morgan fingerprint density at radius 2 is 1.95 bits per heavy atom. The minimum atomic E-state index is -0.935. The highest BCUT2D eigenvalue weighted by molar-refractivity contribution is 6.08. The van der Waals surface area contributed by atoms with Gasteiger partial charge < -0.3 is 5.32 Å². The summed E-state index contributed by atoms with van der Waals surface area (Å²) >= 11 is 0. The molecule has 6 heteroatoms. The van der Waals surface area contributed by atoms with Gasteiger partial charge in [0.1, 0.15) is 5.92 Å². The number of aryl methyl sites for hydroxylation is 1. The first-order chi connectivity index (χ1) is 9.51. The molecule has 1 atom stereocenters. The molecule has 6 nitrogen and oxygen atoms in total. The van der Waals surface area contributed by atoms with E-state index in [0.717, 1.165) is 11.4 Å². The molecule has 1 aliphatic heterocycles. The second-order valence-electron chi connectivity index (χ2n) is 4.73. The molecule has 1 heterocycles. The smallest absolute Gasteiger partial charge is 0.253 e. The zero-order valence-electron chi connectivity index (χ0n) is 11.5. The summed E-state index contributed by atoms with van der Waals surface area (Å²) in [6.07, 6.45) is 0.780. The van der Waals surface area contributed by atoms with Gasteiger partial charge in [-0.1, -0.05) is 19.1 Å². The van der Waals surface area contributed by atoms with Crippen molar-refractivity contribution in [3.63, 3.8) is 0 Å². The molecule has 20 heavy (non-hydrogen) atoms. The average Bonchev–Trinajstić information content (AvgIpc) is 2.66. The van der Waals surface area contributed by atoms with Crippen molar-refractivity contribution in [2.45, 2.75) is 19.8 Å². The predicted molar refractivity (Wildman–Crippen MR) is 73.5 cm³/mol. The molecule has 3 amide bonds. The maximum Gasteiger partial charge on any atom is 0.253 e. The first-order valence-corrected chi connectivity index (χ1v) is 6.48. The van der Waals surface area contributed by atoms with E-state index in [0.29, 0.717) is 5.69 Å². The van der Waals surface area contributed by atoms with Crippen LogP contribution in [-0.4, -0.2) is 29.8 Å². The summed E-state index contributed by atoms with van der Waals surface area (Å²) in [4.78, 5) is 35.0. The van der Waals surface area contributed by atoms with E-state index < -0.39 is 11.8 Å². The third-order valence-electron chi connectivity index (χ3n) is 3.26. The summed E-state index contributed by atoms with van der Waals surface area (Å²) in [5.74, 6) is -2.10. The molecule has 0 radical (unpaired) electrons. The molecular weight excluding hydrogens is 258 g/mol. The average molecular weight is 275 g/mol. The Balaban J connectivity index is 1.95. The van der Waals surface area contributed by atoms with E-state index in [1.165, 1.54) is 12.6 Å². The van der Waals surface area contributed by atoms with Gasteiger partial charge in [-0.3, -0.25) is 24.8 Å². The standard InChI is InChI=1S/C14H17N3O3/c1-3-9-4-6-10(7-5-9)15-12(18)8-11-13(19)16-17(2)14(11)20/h4-7,11H,3,8H2,1-2H3,(H,15,18)(H,16,19). The monoisotopic (exact) mass is 275 g/mol. The molecule has 1 saturated heterocycles. The number of hydrogen-bond donors (Lipinski definition) is 2. The second kappa shape index (κ2) is 5.73. The molecule has 2 N–H and O–H groups in total. The summed E-state index contributed by atoms with van der Waals surface area (Å²) in [5, 5.41) is 3.79. The van der Waals surface area contributed by atoms with Crippen molar-refractivity contribution < 1.29 is 14.4 Å². The van der Waals surface area contributed by atoms with Crippen LogP contribution in [0.5, 0.6) is 0 Å². The maximum absolute atomic E-state index is 11.9. The first kappa shape index (κ1) is 14.0. The second-order valence-corrected chi connectivity index (χ2v) is 4.73. The number of hydrazine groups is 1. The van der Waals surface area contributed by atoms with E-state index in [4.69, 9.17) is 0 Å². The van der Waals surface area contributed by atoms with Crippen LogP contribution in [0.2, 0.25) is 0 Å². The number of benzene rings is 1. The van der Waals surface area contributed by atoms with Gasteiger partial charge in [-0.15, -0.1) is 0 Å². The van der Waals surface area contributed by atoms with Crippen molar-refractivity contribution in [3.8, 4) is 0 Å². The normalized spacial score (nSPS) is 18.1. The minimum absolute atomic E-state index is 0.148. The summed E-state index contributed by atoms with van der Waals surface area (Å²) in [5.41, 5.74) is 4.20. The summed E-state index contributed by atoms with van der Waals surface area (Å²) < 4.78 is 0. The molecule has 0 saturated carbocycles. The van der Waals surface area contributed by atoms with Gasteiger partial charge in [-0.25, -0.2) is 0 Å². The minimum Gasteiger partial charge on any atom is -0.326 e. The van der Waals surface area contributed by atoms with Crippen LogP contribution in [0.1, 0.15) is 18.9 Å². The summed E-state index contributed by atoms with van der Waals surface area (Å²) in [7, 11) is 1.46. The number of carbonyl (C=O) groups is 3. The number of hydrogen-bond acceptors (Lipinski definition) is 3. The molecule has 1 fully saturated rings. The number of anilines is 1. The van der Waals surface area contributed by atoms with Gasteiger partial charge in [0.2, 0.25) is 5.91 Å². The van der Waals surface area contributed by atoms with Crippen LogP contribution >= 0.6 is 0 Å². The van der Waals surface area contributed by atoms with E-state index >= 15 is 0 Å². The van der Waals surface area contributed by atoms with Crippen molar-refractivity contribution in [2.75, 3.05) is 12.4 Å². The Morgan fingerprint density at radius 1 is 1.30 bits per heavy atom. The van der Waals surface area contributed by atoms with Crippen LogP contribution in [0.25, 0.3) is 0 Å². The third kappa shape index (κ3) is 2.96. The predicted octanol–water partition coefficient (Wildman–Crippen LogP) is 0.697. The van der Waals surface area contributed by atoms with Gasteiger partial charge in [0.15, 0.2) is 0 Å². The number of nitrogens with zero attached hydrogens (tertiary/aromatic N) is 1. The molecule has 0 aromatic heterocycles. The Morgan fingerprint density at radius 3 is 2.45 bits per heavy atom. The van der Waals surface area contributed by atoms with Crippen LogP contribution < -0.4 is 10.7 Å². The lowest BCUT2D eigenvalue weighted by Gasteiger charge is -2.08. The van der Waals surface area contributed by atoms with Crippen LogP contribution in [0.4, 0.5) is 5.69 Å². The Labute approximate surface area is 117 Å². The topological polar surface area (TPSA) is 78.5 Å². The van der Waals surface area contributed by atoms with Gasteiger partial charge in [0.05, 0.1) is 0 Å². The Hall–Kier alpha value is -2.37. The molecule has 1 aliphatic rings. The molecule has 1 aromatic carbocycles. The lowest BCUT2D eigenvalue weighted by atomic mass is 10.0. The number of amides is 3. The lowest BCUT2D eigenvalue weighted by molar-refractivity contribution is -0.134. The summed E-state index contributed by atoms with van der Waals surface area (Å²) in [6.45, 7) is 2.05. The van der Waals surface area contributed by atoms with E-state index in [9.17, 15) is 14.4 Å². The van der Waals surface area contributed by atoms with Crippen molar-refractivity contribution in [3.05, 3.63) is 29.8 Å². The highest BCUT2D eigenvalue weighted by Gasteiger charge is 2.38. The largest absolute Gasteiger partial charge is 0.326 e. The molecule has 0 spiro atoms. The van der Waals surface area contributed by atoms with Crippen molar-refractivity contribution in [2.24, 2.45) is 5.92 Å². The fourth-order valence-electron chi connectivity index (χ4n) is 2.05. The van der Waals surface area contributed by atoms with Crippen LogP contribution in [0, 0.1) is 5.92 Å². The Bertz CT molecular complexity index is 539. The highest BCUT2D eigenvalue weighted by atomic mass is 16.2. The molecule has 2 rings (SSSR count). The van der Waals surface area contributed by atoms with Gasteiger partial charge in [0, 0.05) is 19.2 Å². The molecule has 1 unspecified atom stereocenters. The van der Waals surface area contributed by atoms with E-state index in [2.05, 4.69) is 17.7 Å². The molecular formula is C14H17N3O3. The fraction of sp³-hybridized carbons (Fsp3) is 0.357. The zero-order valence-corrected chi connectivity index (χ0v) is 11.5. The van der Waals surface area contributed by atoms with E-state index in [-0.39, 0.29) is 18.2 Å². The fourth-order valence-corrected chi connectivity index (χ4v) is 2.05. The molecule has 1 aromatic rings. The highest BCUT2D eigenvalue weighted by Crippen LogP contribution is 2.15. The quantitative estimate of drug-likeness (QED) is 0.794. The van der Waals surface area contributed by atoms with Crippen molar-refractivity contribution >= 4 is 23.4 Å².